The number of nitrogens with two attached hydrogens (primary N) is 1. The number of primary sulfonamides is 1. The van der Waals surface area contributed by atoms with Gasteiger partial charge in [0.25, 0.3) is 0 Å². The number of hydrogen-bond acceptors (Lipinski definition) is 3. The Balaban J connectivity index is 2.69. The number of halogens is 4. The minimum Gasteiger partial charge on any atom is -0.230 e. The Hall–Kier alpha value is -0.120. The average molecular weight is 464 g/mol. The van der Waals surface area contributed by atoms with Gasteiger partial charge in [0.2, 0.25) is 10.0 Å². The average Bonchev–Trinajstić information content (AvgIpc) is 2.32. The summed E-state index contributed by atoms with van der Waals surface area (Å²) in [5, 5.41) is 5.40. The molecule has 0 radical (unpaired) electrons. The highest BCUT2D eigenvalue weighted by Crippen LogP contribution is 2.38. The molecule has 0 aliphatic heterocycles. The molecular formula is C11H6Cl3IN2O2S. The fourth-order valence-corrected chi connectivity index (χ4v) is 4.01. The summed E-state index contributed by atoms with van der Waals surface area (Å²) in [6.45, 7) is 0. The maximum atomic E-state index is 11.4. The second-order valence-corrected chi connectivity index (χ2v) is 7.45. The van der Waals surface area contributed by atoms with Gasteiger partial charge in [0.15, 0.2) is 0 Å². The maximum Gasteiger partial charge on any atom is 0.239 e. The van der Waals surface area contributed by atoms with Crippen LogP contribution in [0.2, 0.25) is 15.2 Å². The molecule has 0 atom stereocenters. The lowest BCUT2D eigenvalue weighted by molar-refractivity contribution is 0.598. The third-order valence-corrected chi connectivity index (χ3v) is 5.44. The van der Waals surface area contributed by atoms with Gasteiger partial charge in [-0.25, -0.2) is 18.5 Å². The third-order valence-electron chi connectivity index (χ3n) is 2.46. The van der Waals surface area contributed by atoms with E-state index in [1.165, 1.54) is 12.1 Å². The van der Waals surface area contributed by atoms with E-state index in [9.17, 15) is 8.42 Å². The highest BCUT2D eigenvalue weighted by atomic mass is 127. The molecule has 0 aliphatic carbocycles. The summed E-state index contributed by atoms with van der Waals surface area (Å²) < 4.78 is 23.4. The van der Waals surface area contributed by atoms with Crippen molar-refractivity contribution >= 4 is 67.4 Å². The van der Waals surface area contributed by atoms with E-state index in [4.69, 9.17) is 39.9 Å². The van der Waals surface area contributed by atoms with Crippen LogP contribution in [0.3, 0.4) is 0 Å². The molecule has 0 saturated carbocycles. The van der Waals surface area contributed by atoms with Crippen molar-refractivity contribution in [3.63, 3.8) is 0 Å². The Labute approximate surface area is 144 Å². The Morgan fingerprint density at radius 2 is 1.60 bits per heavy atom. The zero-order valence-corrected chi connectivity index (χ0v) is 14.8. The molecular weight excluding hydrogens is 457 g/mol. The lowest BCUT2D eigenvalue weighted by Crippen LogP contribution is -2.12. The van der Waals surface area contributed by atoms with Crippen molar-refractivity contribution in [2.45, 2.75) is 4.90 Å². The molecule has 9 heteroatoms. The predicted octanol–water partition coefficient (Wildman–Crippen LogP) is 3.96. The topological polar surface area (TPSA) is 73.1 Å². The molecule has 0 saturated heterocycles. The van der Waals surface area contributed by atoms with Crippen LogP contribution >= 0.6 is 57.4 Å². The molecule has 1 aromatic heterocycles. The molecule has 0 unspecified atom stereocenters. The van der Waals surface area contributed by atoms with Crippen LogP contribution in [0.25, 0.3) is 11.1 Å². The van der Waals surface area contributed by atoms with E-state index in [1.54, 1.807) is 12.1 Å². The molecule has 0 bridgehead atoms. The van der Waals surface area contributed by atoms with Gasteiger partial charge in [0.1, 0.15) is 13.7 Å². The molecule has 20 heavy (non-hydrogen) atoms. The molecule has 0 fully saturated rings. The van der Waals surface area contributed by atoms with Gasteiger partial charge in [0, 0.05) is 11.1 Å². The van der Waals surface area contributed by atoms with Crippen molar-refractivity contribution in [1.29, 1.82) is 0 Å². The van der Waals surface area contributed by atoms with Crippen LogP contribution in [-0.2, 0) is 10.0 Å². The van der Waals surface area contributed by atoms with Crippen LogP contribution in [0.5, 0.6) is 0 Å². The molecule has 4 nitrogen and oxygen atoms in total. The lowest BCUT2D eigenvalue weighted by Gasteiger charge is -2.10. The van der Waals surface area contributed by atoms with Gasteiger partial charge >= 0.3 is 0 Å². The Morgan fingerprint density at radius 3 is 2.15 bits per heavy atom. The first kappa shape index (κ1) is 16.3. The summed E-state index contributed by atoms with van der Waals surface area (Å²) in [5.74, 6) is 0. The van der Waals surface area contributed by atoms with Crippen molar-refractivity contribution < 1.29 is 8.42 Å². The molecule has 106 valence electrons. The van der Waals surface area contributed by atoms with Gasteiger partial charge in [-0.05, 0) is 40.8 Å². The second-order valence-electron chi connectivity index (χ2n) is 3.76. The highest BCUT2D eigenvalue weighted by Gasteiger charge is 2.19. The zero-order valence-electron chi connectivity index (χ0n) is 9.57. The molecule has 2 N–H and O–H groups in total. The smallest absolute Gasteiger partial charge is 0.230 e. The summed E-state index contributed by atoms with van der Waals surface area (Å²) in [5.41, 5.74) is 1.25. The first-order valence-electron chi connectivity index (χ1n) is 5.05. The zero-order chi connectivity index (χ0) is 15.1. The van der Waals surface area contributed by atoms with E-state index in [0.717, 1.165) is 0 Å². The van der Waals surface area contributed by atoms with Crippen molar-refractivity contribution in [2.75, 3.05) is 0 Å². The molecule has 2 rings (SSSR count). The van der Waals surface area contributed by atoms with Crippen LogP contribution in [0.4, 0.5) is 0 Å². The normalized spacial score (nSPS) is 11.7. The van der Waals surface area contributed by atoms with Gasteiger partial charge in [-0.15, -0.1) is 0 Å². The van der Waals surface area contributed by atoms with Crippen molar-refractivity contribution in [3.05, 3.63) is 43.2 Å². The van der Waals surface area contributed by atoms with E-state index in [0.29, 0.717) is 20.0 Å². The quantitative estimate of drug-likeness (QED) is 0.541. The standard InChI is InChI=1S/C11H6Cl3IN2O2S/c12-8-4-2-6(11(15)17-8)5-1-3-7(20(16,18)19)10(14)9(5)13/h1-4H,(H2,16,18,19). The van der Waals surface area contributed by atoms with Crippen LogP contribution in [-0.4, -0.2) is 13.4 Å². The second kappa shape index (κ2) is 5.94. The predicted molar refractivity (Wildman–Crippen MR) is 88.8 cm³/mol. The molecule has 0 aliphatic rings. The monoisotopic (exact) mass is 462 g/mol. The first-order chi connectivity index (χ1) is 9.21. The first-order valence-corrected chi connectivity index (χ1v) is 8.81. The van der Waals surface area contributed by atoms with Gasteiger partial charge in [-0.1, -0.05) is 40.9 Å². The third kappa shape index (κ3) is 3.20. The molecule has 1 aromatic carbocycles. The Morgan fingerprint density at radius 1 is 1.00 bits per heavy atom. The van der Waals surface area contributed by atoms with Gasteiger partial charge in [0.05, 0.1) is 10.0 Å². The highest BCUT2D eigenvalue weighted by molar-refractivity contribution is 14.1. The summed E-state index contributed by atoms with van der Waals surface area (Å²) in [6.07, 6.45) is 0. The van der Waals surface area contributed by atoms with Crippen molar-refractivity contribution in [1.82, 2.24) is 4.98 Å². The number of sulfonamides is 1. The van der Waals surface area contributed by atoms with Crippen molar-refractivity contribution in [2.24, 2.45) is 5.14 Å². The van der Waals surface area contributed by atoms with Gasteiger partial charge < -0.3 is 0 Å². The van der Waals surface area contributed by atoms with E-state index < -0.39 is 10.0 Å². The molecule has 1 heterocycles. The fourth-order valence-electron chi connectivity index (χ4n) is 1.57. The van der Waals surface area contributed by atoms with Crippen LogP contribution in [0, 0.1) is 3.70 Å². The number of pyridine rings is 1. The molecule has 0 spiro atoms. The Kier molecular flexibility index (Phi) is 4.83. The van der Waals surface area contributed by atoms with E-state index in [2.05, 4.69) is 4.98 Å². The number of hydrogen-bond donors (Lipinski definition) is 1. The lowest BCUT2D eigenvalue weighted by atomic mass is 10.1. The maximum absolute atomic E-state index is 11.4. The number of nitrogens with zero attached hydrogens (tertiary/aromatic N) is 1. The van der Waals surface area contributed by atoms with Crippen LogP contribution < -0.4 is 5.14 Å². The summed E-state index contributed by atoms with van der Waals surface area (Å²) in [7, 11) is -3.93. The number of rotatable bonds is 2. The Bertz CT molecular complexity index is 796. The van der Waals surface area contributed by atoms with Gasteiger partial charge in [-0.3, -0.25) is 0 Å². The minimum absolute atomic E-state index is 0.0974. The SMILES string of the molecule is NS(=O)(=O)c1ccc(-c2ccc(Cl)nc2I)c(Cl)c1Cl. The van der Waals surface area contributed by atoms with E-state index >= 15 is 0 Å². The summed E-state index contributed by atoms with van der Waals surface area (Å²) in [4.78, 5) is 3.88. The van der Waals surface area contributed by atoms with Crippen LogP contribution in [0.1, 0.15) is 0 Å². The minimum atomic E-state index is -3.93. The van der Waals surface area contributed by atoms with E-state index in [-0.39, 0.29) is 14.9 Å². The van der Waals surface area contributed by atoms with Crippen LogP contribution in [0.15, 0.2) is 29.2 Å². The largest absolute Gasteiger partial charge is 0.239 e. The van der Waals surface area contributed by atoms with Crippen molar-refractivity contribution in [3.8, 4) is 11.1 Å². The molecule has 0 amide bonds. The number of benzene rings is 1. The molecule has 2 aromatic rings. The van der Waals surface area contributed by atoms with Gasteiger partial charge in [-0.2, -0.15) is 0 Å². The number of aromatic nitrogens is 1. The fraction of sp³-hybridized carbons (Fsp3) is 0. The van der Waals surface area contributed by atoms with E-state index in [1.807, 2.05) is 22.6 Å². The summed E-state index contributed by atoms with van der Waals surface area (Å²) in [6, 6.07) is 6.17. The summed E-state index contributed by atoms with van der Waals surface area (Å²) >= 11 is 19.9.